The molecule has 0 bridgehead atoms. The molecule has 7 heteroatoms. The van der Waals surface area contributed by atoms with Crippen LogP contribution >= 0.6 is 23.2 Å². The number of nitrogens with zero attached hydrogens (tertiary/aromatic N) is 1. The van der Waals surface area contributed by atoms with Crippen molar-refractivity contribution < 1.29 is 4.79 Å². The van der Waals surface area contributed by atoms with Gasteiger partial charge in [-0.2, -0.15) is 0 Å². The third kappa shape index (κ3) is 5.44. The zero-order valence-electron chi connectivity index (χ0n) is 12.9. The molecule has 0 saturated carbocycles. The molecule has 0 radical (unpaired) electrons. The number of amides is 1. The van der Waals surface area contributed by atoms with Crippen molar-refractivity contribution in [3.8, 4) is 0 Å². The van der Waals surface area contributed by atoms with Crippen LogP contribution in [0.4, 0.5) is 0 Å². The number of halogens is 2. The van der Waals surface area contributed by atoms with Crippen LogP contribution in [0.2, 0.25) is 10.0 Å². The molecule has 124 valence electrons. The number of carbonyl (C=O) groups is 1. The van der Waals surface area contributed by atoms with Crippen molar-refractivity contribution >= 4 is 35.1 Å². The lowest BCUT2D eigenvalue weighted by Crippen LogP contribution is -2.45. The Balaban J connectivity index is 1.71. The van der Waals surface area contributed by atoms with Crippen LogP contribution in [-0.2, 0) is 0 Å². The Kier molecular flexibility index (Phi) is 6.74. The molecule has 0 unspecified atom stereocenters. The molecule has 0 aliphatic heterocycles. The number of nitrogens with one attached hydrogen (secondary N) is 3. The lowest BCUT2D eigenvalue weighted by atomic mass is 10.2. The van der Waals surface area contributed by atoms with Gasteiger partial charge in [0.1, 0.15) is 0 Å². The number of hydrogen-bond acceptors (Lipinski definition) is 2. The smallest absolute Gasteiger partial charge is 0.251 e. The highest BCUT2D eigenvalue weighted by molar-refractivity contribution is 6.42. The van der Waals surface area contributed by atoms with Crippen molar-refractivity contribution in [2.75, 3.05) is 20.1 Å². The fourth-order valence-electron chi connectivity index (χ4n) is 2.22. The van der Waals surface area contributed by atoms with Crippen LogP contribution in [0.3, 0.4) is 0 Å². The maximum atomic E-state index is 12.0. The van der Waals surface area contributed by atoms with Crippen molar-refractivity contribution in [2.45, 2.75) is 18.9 Å². The molecule has 1 aliphatic rings. The molecule has 1 aromatic carbocycles. The second-order valence-corrected chi connectivity index (χ2v) is 5.98. The highest BCUT2D eigenvalue weighted by Gasteiger charge is 2.11. The van der Waals surface area contributed by atoms with E-state index >= 15 is 0 Å². The van der Waals surface area contributed by atoms with E-state index in [1.165, 1.54) is 0 Å². The van der Waals surface area contributed by atoms with E-state index in [4.69, 9.17) is 23.2 Å². The van der Waals surface area contributed by atoms with Crippen LogP contribution in [0, 0.1) is 0 Å². The maximum Gasteiger partial charge on any atom is 0.251 e. The van der Waals surface area contributed by atoms with E-state index < -0.39 is 0 Å². The lowest BCUT2D eigenvalue weighted by Gasteiger charge is -2.17. The third-order valence-corrected chi connectivity index (χ3v) is 4.20. The predicted molar refractivity (Wildman–Crippen MR) is 95.5 cm³/mol. The molecule has 0 atom stereocenters. The zero-order chi connectivity index (χ0) is 16.7. The van der Waals surface area contributed by atoms with Gasteiger partial charge in [-0.05, 0) is 31.0 Å². The fraction of sp³-hybridized carbons (Fsp3) is 0.375. The molecule has 0 aromatic heterocycles. The molecule has 0 spiro atoms. The predicted octanol–water partition coefficient (Wildman–Crippen LogP) is 2.61. The van der Waals surface area contributed by atoms with E-state index in [0.717, 1.165) is 18.8 Å². The molecule has 0 fully saturated rings. The SMILES string of the molecule is CN=C(NCCNC(=O)c1ccc(Cl)c(Cl)c1)NC1CC=CC1. The molecule has 1 aromatic rings. The summed E-state index contributed by atoms with van der Waals surface area (Å²) in [4.78, 5) is 16.2. The van der Waals surface area contributed by atoms with Gasteiger partial charge in [0.2, 0.25) is 0 Å². The monoisotopic (exact) mass is 354 g/mol. The van der Waals surface area contributed by atoms with Crippen LogP contribution in [0.25, 0.3) is 0 Å². The van der Waals surface area contributed by atoms with Crippen LogP contribution < -0.4 is 16.0 Å². The largest absolute Gasteiger partial charge is 0.355 e. The molecule has 5 nitrogen and oxygen atoms in total. The molecule has 1 aliphatic carbocycles. The van der Waals surface area contributed by atoms with E-state index in [1.54, 1.807) is 25.2 Å². The molecule has 1 amide bonds. The number of aliphatic imine (C=N–C) groups is 1. The maximum absolute atomic E-state index is 12.0. The first-order chi connectivity index (χ1) is 11.1. The summed E-state index contributed by atoms with van der Waals surface area (Å²) in [6.07, 6.45) is 6.33. The van der Waals surface area contributed by atoms with Crippen LogP contribution in [-0.4, -0.2) is 38.0 Å². The Hall–Kier alpha value is -1.72. The average Bonchev–Trinajstić information content (AvgIpc) is 3.05. The summed E-state index contributed by atoms with van der Waals surface area (Å²) in [6, 6.07) is 5.20. The van der Waals surface area contributed by atoms with Crippen LogP contribution in [0.15, 0.2) is 35.3 Å². The lowest BCUT2D eigenvalue weighted by molar-refractivity contribution is 0.0954. The van der Waals surface area contributed by atoms with Gasteiger partial charge in [-0.15, -0.1) is 0 Å². The molecule has 0 heterocycles. The Bertz CT molecular complexity index is 608. The zero-order valence-corrected chi connectivity index (χ0v) is 14.4. The average molecular weight is 355 g/mol. The Labute approximate surface area is 146 Å². The van der Waals surface area contributed by atoms with Gasteiger partial charge < -0.3 is 16.0 Å². The highest BCUT2D eigenvalue weighted by Crippen LogP contribution is 2.22. The number of guanidine groups is 1. The third-order valence-electron chi connectivity index (χ3n) is 3.46. The first kappa shape index (κ1) is 17.6. The van der Waals surface area contributed by atoms with E-state index in [2.05, 4.69) is 33.1 Å². The van der Waals surface area contributed by atoms with Gasteiger partial charge in [0.25, 0.3) is 5.91 Å². The van der Waals surface area contributed by atoms with Crippen molar-refractivity contribution in [3.05, 3.63) is 46.0 Å². The van der Waals surface area contributed by atoms with Gasteiger partial charge in [0.05, 0.1) is 10.0 Å². The minimum atomic E-state index is -0.187. The Morgan fingerprint density at radius 2 is 1.87 bits per heavy atom. The number of benzene rings is 1. The molecular weight excluding hydrogens is 335 g/mol. The number of carbonyl (C=O) groups excluding carboxylic acids is 1. The standard InChI is InChI=1S/C16H20Cl2N4O/c1-19-16(22-12-4-2-3-5-12)21-9-8-20-15(23)11-6-7-13(17)14(18)10-11/h2-3,6-7,10,12H,4-5,8-9H2,1H3,(H,20,23)(H2,19,21,22). The molecule has 0 saturated heterocycles. The second-order valence-electron chi connectivity index (χ2n) is 5.17. The molecule has 2 rings (SSSR count). The summed E-state index contributed by atoms with van der Waals surface area (Å²) in [5, 5.41) is 10.1. The van der Waals surface area contributed by atoms with Crippen LogP contribution in [0.1, 0.15) is 23.2 Å². The molecule has 3 N–H and O–H groups in total. The quantitative estimate of drug-likeness (QED) is 0.329. The summed E-state index contributed by atoms with van der Waals surface area (Å²) >= 11 is 11.7. The van der Waals surface area contributed by atoms with Gasteiger partial charge in [-0.25, -0.2) is 0 Å². The number of hydrogen-bond donors (Lipinski definition) is 3. The van der Waals surface area contributed by atoms with Crippen LogP contribution in [0.5, 0.6) is 0 Å². The van der Waals surface area contributed by atoms with E-state index in [0.29, 0.717) is 34.7 Å². The summed E-state index contributed by atoms with van der Waals surface area (Å²) in [5.41, 5.74) is 0.485. The van der Waals surface area contributed by atoms with Gasteiger partial charge in [0.15, 0.2) is 5.96 Å². The van der Waals surface area contributed by atoms with E-state index in [1.807, 2.05) is 0 Å². The van der Waals surface area contributed by atoms with Gasteiger partial charge in [-0.1, -0.05) is 35.4 Å². The van der Waals surface area contributed by atoms with Crippen molar-refractivity contribution in [1.29, 1.82) is 0 Å². The normalized spacial score (nSPS) is 14.8. The Morgan fingerprint density at radius 1 is 1.17 bits per heavy atom. The topological polar surface area (TPSA) is 65.5 Å². The van der Waals surface area contributed by atoms with Crippen molar-refractivity contribution in [1.82, 2.24) is 16.0 Å². The van der Waals surface area contributed by atoms with Gasteiger partial charge in [-0.3, -0.25) is 9.79 Å². The Morgan fingerprint density at radius 3 is 2.52 bits per heavy atom. The molecular formula is C16H20Cl2N4O. The first-order valence-corrected chi connectivity index (χ1v) is 8.21. The fourth-order valence-corrected chi connectivity index (χ4v) is 2.52. The van der Waals surface area contributed by atoms with Crippen molar-refractivity contribution in [3.63, 3.8) is 0 Å². The second kappa shape index (κ2) is 8.79. The van der Waals surface area contributed by atoms with E-state index in [9.17, 15) is 4.79 Å². The summed E-state index contributed by atoms with van der Waals surface area (Å²) < 4.78 is 0. The first-order valence-electron chi connectivity index (χ1n) is 7.45. The van der Waals surface area contributed by atoms with E-state index in [-0.39, 0.29) is 5.91 Å². The number of rotatable bonds is 5. The minimum absolute atomic E-state index is 0.187. The summed E-state index contributed by atoms with van der Waals surface area (Å²) in [6.45, 7) is 1.05. The highest BCUT2D eigenvalue weighted by atomic mass is 35.5. The molecule has 23 heavy (non-hydrogen) atoms. The van der Waals surface area contributed by atoms with Gasteiger partial charge >= 0.3 is 0 Å². The van der Waals surface area contributed by atoms with Gasteiger partial charge in [0, 0.05) is 31.7 Å². The summed E-state index contributed by atoms with van der Waals surface area (Å²) in [5.74, 6) is 0.552. The minimum Gasteiger partial charge on any atom is -0.355 e. The van der Waals surface area contributed by atoms with Crippen molar-refractivity contribution in [2.24, 2.45) is 4.99 Å². The summed E-state index contributed by atoms with van der Waals surface area (Å²) in [7, 11) is 1.73.